The number of rotatable bonds is 4. The van der Waals surface area contributed by atoms with E-state index in [1.54, 1.807) is 17.0 Å². The van der Waals surface area contributed by atoms with Gasteiger partial charge in [-0.25, -0.2) is 17.9 Å². The largest absolute Gasteiger partial charge is 0.495 e. The maximum Gasteiger partial charge on any atom is 0.410 e. The van der Waals surface area contributed by atoms with Crippen LogP contribution >= 0.6 is 0 Å². The van der Waals surface area contributed by atoms with Crippen molar-refractivity contribution in [3.8, 4) is 5.75 Å². The van der Waals surface area contributed by atoms with Gasteiger partial charge in [0.15, 0.2) is 0 Å². The highest BCUT2D eigenvalue weighted by molar-refractivity contribution is 7.89. The van der Waals surface area contributed by atoms with Crippen LogP contribution < -0.4 is 9.46 Å². The summed E-state index contributed by atoms with van der Waals surface area (Å²) < 4.78 is 39.1. The lowest BCUT2D eigenvalue weighted by molar-refractivity contribution is 0.0203. The van der Waals surface area contributed by atoms with Crippen LogP contribution in [0.25, 0.3) is 0 Å². The second-order valence-corrected chi connectivity index (χ2v) is 9.63. The summed E-state index contributed by atoms with van der Waals surface area (Å²) in [5.41, 5.74) is 1.31. The quantitative estimate of drug-likeness (QED) is 0.843. The molecule has 0 saturated carbocycles. The van der Waals surface area contributed by atoms with E-state index in [-0.39, 0.29) is 17.0 Å². The second kappa shape index (κ2) is 8.06. The third-order valence-corrected chi connectivity index (χ3v) is 6.08. The molecule has 1 heterocycles. The molecule has 0 spiro atoms. The highest BCUT2D eigenvalue weighted by atomic mass is 32.2. The molecule has 0 radical (unpaired) electrons. The van der Waals surface area contributed by atoms with Crippen LogP contribution in [0.3, 0.4) is 0 Å². The molecule has 0 bridgehead atoms. The number of carbonyl (C=O) groups is 1. The normalized spacial score (nSPS) is 16.3. The molecule has 1 saturated heterocycles. The van der Waals surface area contributed by atoms with Gasteiger partial charge in [0, 0.05) is 19.1 Å². The van der Waals surface area contributed by atoms with Gasteiger partial charge in [-0.2, -0.15) is 0 Å². The summed E-state index contributed by atoms with van der Waals surface area (Å²) in [6.07, 6.45) is 0.705. The Bertz CT molecular complexity index is 791. The van der Waals surface area contributed by atoms with Gasteiger partial charge in [0.2, 0.25) is 10.0 Å². The summed E-state index contributed by atoms with van der Waals surface area (Å²) in [6.45, 7) is 10.1. The zero-order valence-corrected chi connectivity index (χ0v) is 17.8. The number of benzene rings is 1. The molecule has 1 fully saturated rings. The monoisotopic (exact) mass is 398 g/mol. The van der Waals surface area contributed by atoms with Crippen LogP contribution in [0.2, 0.25) is 0 Å². The Morgan fingerprint density at radius 2 is 1.70 bits per heavy atom. The number of sulfonamides is 1. The Balaban J connectivity index is 2.04. The minimum absolute atomic E-state index is 0.141. The molecule has 152 valence electrons. The van der Waals surface area contributed by atoms with Gasteiger partial charge in [-0.05, 0) is 70.7 Å². The maximum absolute atomic E-state index is 12.9. The topological polar surface area (TPSA) is 84.9 Å². The summed E-state index contributed by atoms with van der Waals surface area (Å²) >= 11 is 0. The molecule has 0 unspecified atom stereocenters. The molecule has 1 N–H and O–H groups in total. The van der Waals surface area contributed by atoms with E-state index in [4.69, 9.17) is 9.47 Å². The maximum atomic E-state index is 12.9. The van der Waals surface area contributed by atoms with E-state index in [0.29, 0.717) is 31.7 Å². The minimum Gasteiger partial charge on any atom is -0.495 e. The van der Waals surface area contributed by atoms with Gasteiger partial charge in [-0.3, -0.25) is 0 Å². The lowest BCUT2D eigenvalue weighted by Crippen LogP contribution is -2.47. The fourth-order valence-electron chi connectivity index (χ4n) is 2.92. The van der Waals surface area contributed by atoms with Crippen LogP contribution in [-0.2, 0) is 14.8 Å². The predicted octanol–water partition coefficient (Wildman–Crippen LogP) is 2.99. The molecule has 7 nitrogen and oxygen atoms in total. The number of amides is 1. The molecule has 0 aromatic heterocycles. The highest BCUT2D eigenvalue weighted by Crippen LogP contribution is 2.28. The molecule has 1 amide bonds. The van der Waals surface area contributed by atoms with Crippen molar-refractivity contribution in [2.45, 2.75) is 64.0 Å². The summed E-state index contributed by atoms with van der Waals surface area (Å²) in [4.78, 5) is 13.9. The zero-order chi connectivity index (χ0) is 20.4. The number of methoxy groups -OCH3 is 1. The third-order valence-electron chi connectivity index (χ3n) is 4.54. The molecule has 1 aliphatic heterocycles. The summed E-state index contributed by atoms with van der Waals surface area (Å²) in [6, 6.07) is 3.13. The number of carbonyl (C=O) groups excluding carboxylic acids is 1. The Labute approximate surface area is 162 Å². The second-order valence-electron chi connectivity index (χ2n) is 7.95. The molecule has 27 heavy (non-hydrogen) atoms. The fourth-order valence-corrected chi connectivity index (χ4v) is 4.46. The lowest BCUT2D eigenvalue weighted by Gasteiger charge is -2.33. The number of ether oxygens (including phenoxy) is 2. The first-order valence-corrected chi connectivity index (χ1v) is 10.6. The molecule has 0 atom stereocenters. The average molecular weight is 399 g/mol. The van der Waals surface area contributed by atoms with Gasteiger partial charge in [0.05, 0.1) is 7.11 Å². The van der Waals surface area contributed by atoms with E-state index < -0.39 is 15.6 Å². The van der Waals surface area contributed by atoms with Gasteiger partial charge in [0.1, 0.15) is 16.2 Å². The molecule has 1 aromatic carbocycles. The third kappa shape index (κ3) is 5.59. The summed E-state index contributed by atoms with van der Waals surface area (Å²) in [5, 5.41) is 0. The first-order chi connectivity index (χ1) is 12.4. The van der Waals surface area contributed by atoms with Gasteiger partial charge in [-0.15, -0.1) is 0 Å². The van der Waals surface area contributed by atoms with Crippen LogP contribution in [0, 0.1) is 13.8 Å². The van der Waals surface area contributed by atoms with E-state index in [9.17, 15) is 13.2 Å². The Morgan fingerprint density at radius 3 is 2.22 bits per heavy atom. The number of likely N-dealkylation sites (tertiary alicyclic amines) is 1. The van der Waals surface area contributed by atoms with Crippen LogP contribution in [0.1, 0.15) is 44.7 Å². The van der Waals surface area contributed by atoms with Gasteiger partial charge < -0.3 is 14.4 Å². The number of nitrogens with zero attached hydrogens (tertiary/aromatic N) is 1. The number of nitrogens with one attached hydrogen (secondary N) is 1. The molecule has 2 rings (SSSR count). The van der Waals surface area contributed by atoms with Crippen LogP contribution in [0.15, 0.2) is 17.0 Å². The van der Waals surface area contributed by atoms with Crippen LogP contribution in [0.5, 0.6) is 5.75 Å². The van der Waals surface area contributed by atoms with Gasteiger partial charge >= 0.3 is 6.09 Å². The van der Waals surface area contributed by atoms with Crippen molar-refractivity contribution < 1.29 is 22.7 Å². The standard InChI is InChI=1S/C19H30N2O5S/c1-13-11-16(25-6)17(12-14(13)2)27(23,24)20-15-7-9-21(10-8-15)18(22)26-19(3,4)5/h11-12,15,20H,7-10H2,1-6H3. The van der Waals surface area contributed by atoms with E-state index in [0.717, 1.165) is 11.1 Å². The van der Waals surface area contributed by atoms with E-state index in [1.807, 2.05) is 34.6 Å². The first kappa shape index (κ1) is 21.5. The van der Waals surface area contributed by atoms with Crippen molar-refractivity contribution in [2.24, 2.45) is 0 Å². The number of aryl methyl sites for hydroxylation is 2. The minimum atomic E-state index is -3.72. The Hall–Kier alpha value is -1.80. The molecular formula is C19H30N2O5S. The van der Waals surface area contributed by atoms with E-state index >= 15 is 0 Å². The SMILES string of the molecule is COc1cc(C)c(C)cc1S(=O)(=O)NC1CCN(C(=O)OC(C)(C)C)CC1. The lowest BCUT2D eigenvalue weighted by atomic mass is 10.1. The fraction of sp³-hybridized carbons (Fsp3) is 0.632. The van der Waals surface area contributed by atoms with Crippen LogP contribution in [-0.4, -0.2) is 51.3 Å². The summed E-state index contributed by atoms with van der Waals surface area (Å²) in [5.74, 6) is 0.330. The molecular weight excluding hydrogens is 368 g/mol. The highest BCUT2D eigenvalue weighted by Gasteiger charge is 2.30. The molecule has 8 heteroatoms. The van der Waals surface area contributed by atoms with Gasteiger partial charge in [-0.1, -0.05) is 0 Å². The van der Waals surface area contributed by atoms with E-state index in [2.05, 4.69) is 4.72 Å². The van der Waals surface area contributed by atoms with Crippen molar-refractivity contribution in [2.75, 3.05) is 20.2 Å². The smallest absolute Gasteiger partial charge is 0.410 e. The van der Waals surface area contributed by atoms with Crippen molar-refractivity contribution in [1.29, 1.82) is 0 Å². The number of hydrogen-bond donors (Lipinski definition) is 1. The molecule has 0 aliphatic carbocycles. The number of piperidine rings is 1. The average Bonchev–Trinajstić information content (AvgIpc) is 2.55. The predicted molar refractivity (Wildman–Crippen MR) is 104 cm³/mol. The molecule has 1 aromatic rings. The van der Waals surface area contributed by atoms with Crippen molar-refractivity contribution in [3.05, 3.63) is 23.3 Å². The Morgan fingerprint density at radius 1 is 1.15 bits per heavy atom. The van der Waals surface area contributed by atoms with Crippen molar-refractivity contribution in [3.63, 3.8) is 0 Å². The van der Waals surface area contributed by atoms with E-state index in [1.165, 1.54) is 7.11 Å². The Kier molecular flexibility index (Phi) is 6.42. The summed E-state index contributed by atoms with van der Waals surface area (Å²) in [7, 11) is -2.26. The van der Waals surface area contributed by atoms with Gasteiger partial charge in [0.25, 0.3) is 0 Å². The number of hydrogen-bond acceptors (Lipinski definition) is 5. The first-order valence-electron chi connectivity index (χ1n) is 9.08. The van der Waals surface area contributed by atoms with Crippen molar-refractivity contribution in [1.82, 2.24) is 9.62 Å². The van der Waals surface area contributed by atoms with Crippen LogP contribution in [0.4, 0.5) is 4.79 Å². The molecule has 1 aliphatic rings. The zero-order valence-electron chi connectivity index (χ0n) is 17.0. The van der Waals surface area contributed by atoms with Crippen molar-refractivity contribution >= 4 is 16.1 Å².